The molecule has 0 radical (unpaired) electrons. The molecule has 4 N–H and O–H groups in total. The monoisotopic (exact) mass is 379 g/mol. The van der Waals surface area contributed by atoms with Crippen molar-refractivity contribution in [2.45, 2.75) is 45.4 Å². The Morgan fingerprint density at radius 1 is 0.929 bits per heavy atom. The highest BCUT2D eigenvalue weighted by atomic mass is 16.2. The molecule has 0 spiro atoms. The molecule has 2 amide bonds. The minimum Gasteiger partial charge on any atom is -0.330 e. The van der Waals surface area contributed by atoms with Crippen molar-refractivity contribution >= 4 is 23.2 Å². The molecule has 0 saturated heterocycles. The van der Waals surface area contributed by atoms with E-state index in [-0.39, 0.29) is 17.2 Å². The number of anilines is 2. The van der Waals surface area contributed by atoms with E-state index < -0.39 is 0 Å². The van der Waals surface area contributed by atoms with Crippen LogP contribution in [0.5, 0.6) is 0 Å². The van der Waals surface area contributed by atoms with Gasteiger partial charge in [0, 0.05) is 23.4 Å². The Morgan fingerprint density at radius 2 is 1.57 bits per heavy atom. The zero-order chi connectivity index (χ0) is 20.0. The first-order valence-electron chi connectivity index (χ1n) is 9.99. The van der Waals surface area contributed by atoms with Crippen LogP contribution in [0.1, 0.15) is 54.4 Å². The van der Waals surface area contributed by atoms with E-state index in [0.717, 1.165) is 36.9 Å². The van der Waals surface area contributed by atoms with Crippen LogP contribution >= 0.6 is 0 Å². The van der Waals surface area contributed by atoms with Crippen molar-refractivity contribution < 1.29 is 9.59 Å². The van der Waals surface area contributed by atoms with Gasteiger partial charge < -0.3 is 16.4 Å². The maximum absolute atomic E-state index is 12.7. The predicted octanol–water partition coefficient (Wildman–Crippen LogP) is 4.49. The third-order valence-electron chi connectivity index (χ3n) is 5.77. The van der Waals surface area contributed by atoms with Gasteiger partial charge in [-0.3, -0.25) is 9.59 Å². The quantitative estimate of drug-likeness (QED) is 0.691. The van der Waals surface area contributed by atoms with E-state index in [4.69, 9.17) is 5.73 Å². The third-order valence-corrected chi connectivity index (χ3v) is 5.77. The Balaban J connectivity index is 1.68. The molecule has 0 aliphatic heterocycles. The van der Waals surface area contributed by atoms with E-state index in [1.165, 1.54) is 6.42 Å². The Hall–Kier alpha value is -2.66. The van der Waals surface area contributed by atoms with Crippen molar-refractivity contribution in [2.75, 3.05) is 17.2 Å². The number of benzene rings is 2. The van der Waals surface area contributed by atoms with Gasteiger partial charge in [0.15, 0.2) is 0 Å². The summed E-state index contributed by atoms with van der Waals surface area (Å²) in [5, 5.41) is 5.95. The van der Waals surface area contributed by atoms with Crippen molar-refractivity contribution in [3.8, 4) is 0 Å². The third kappa shape index (κ3) is 4.78. The van der Waals surface area contributed by atoms with Crippen LogP contribution in [-0.2, 0) is 4.79 Å². The molecule has 0 heterocycles. The van der Waals surface area contributed by atoms with E-state index in [9.17, 15) is 9.59 Å². The molecular formula is C23H29N3O2. The summed E-state index contributed by atoms with van der Waals surface area (Å²) in [6, 6.07) is 14.6. The molecule has 0 aromatic heterocycles. The van der Waals surface area contributed by atoms with Gasteiger partial charge in [0.05, 0.1) is 0 Å². The first-order chi connectivity index (χ1) is 13.5. The molecule has 5 heteroatoms. The predicted molar refractivity (Wildman–Crippen MR) is 113 cm³/mol. The summed E-state index contributed by atoms with van der Waals surface area (Å²) in [6.07, 6.45) is 6.00. The van der Waals surface area contributed by atoms with Gasteiger partial charge in [0.25, 0.3) is 5.91 Å². The average Bonchev–Trinajstić information content (AvgIpc) is 2.72. The summed E-state index contributed by atoms with van der Waals surface area (Å²) >= 11 is 0. The maximum Gasteiger partial charge on any atom is 0.255 e. The zero-order valence-electron chi connectivity index (χ0n) is 16.5. The second kappa shape index (κ2) is 9.02. The lowest BCUT2D eigenvalue weighted by atomic mass is 9.71. The van der Waals surface area contributed by atoms with Gasteiger partial charge >= 0.3 is 0 Å². The number of rotatable bonds is 6. The summed E-state index contributed by atoms with van der Waals surface area (Å²) in [6.45, 7) is 2.45. The Kier molecular flexibility index (Phi) is 6.47. The fraction of sp³-hybridized carbons (Fsp3) is 0.391. The molecule has 1 saturated carbocycles. The normalized spacial score (nSPS) is 15.6. The smallest absolute Gasteiger partial charge is 0.255 e. The summed E-state index contributed by atoms with van der Waals surface area (Å²) in [5.74, 6) is -0.182. The Bertz CT molecular complexity index is 827. The highest BCUT2D eigenvalue weighted by Gasteiger charge is 2.33. The van der Waals surface area contributed by atoms with E-state index >= 15 is 0 Å². The fourth-order valence-electron chi connectivity index (χ4n) is 3.98. The van der Waals surface area contributed by atoms with Crippen molar-refractivity contribution in [3.05, 3.63) is 59.7 Å². The molecule has 2 aromatic rings. The van der Waals surface area contributed by atoms with Crippen molar-refractivity contribution in [1.82, 2.24) is 0 Å². The second-order valence-corrected chi connectivity index (χ2v) is 7.79. The zero-order valence-corrected chi connectivity index (χ0v) is 16.5. The molecule has 0 atom stereocenters. The van der Waals surface area contributed by atoms with Gasteiger partial charge in [-0.1, -0.05) is 43.5 Å². The van der Waals surface area contributed by atoms with Gasteiger partial charge in [0.2, 0.25) is 5.91 Å². The van der Waals surface area contributed by atoms with Crippen LogP contribution in [0, 0.1) is 12.3 Å². The lowest BCUT2D eigenvalue weighted by Gasteiger charge is -2.35. The second-order valence-electron chi connectivity index (χ2n) is 7.79. The molecule has 28 heavy (non-hydrogen) atoms. The van der Waals surface area contributed by atoms with E-state index in [1.54, 1.807) is 12.1 Å². The number of nitrogens with two attached hydrogens (primary N) is 1. The number of amides is 2. The number of hydrogen-bond acceptors (Lipinski definition) is 3. The molecule has 148 valence electrons. The van der Waals surface area contributed by atoms with Gasteiger partial charge in [0.1, 0.15) is 0 Å². The van der Waals surface area contributed by atoms with Crippen LogP contribution < -0.4 is 16.4 Å². The summed E-state index contributed by atoms with van der Waals surface area (Å²) in [4.78, 5) is 25.1. The lowest BCUT2D eigenvalue weighted by molar-refractivity contribution is -0.118. The SMILES string of the molecule is Cc1c(NC(=O)CC2(CN)CCCCC2)cccc1NC(=O)c1ccccc1. The summed E-state index contributed by atoms with van der Waals surface area (Å²) < 4.78 is 0. The van der Waals surface area contributed by atoms with Crippen molar-refractivity contribution in [1.29, 1.82) is 0 Å². The molecule has 0 bridgehead atoms. The highest BCUT2D eigenvalue weighted by molar-refractivity contribution is 6.05. The van der Waals surface area contributed by atoms with Crippen molar-refractivity contribution in [3.63, 3.8) is 0 Å². The first kappa shape index (κ1) is 20.1. The van der Waals surface area contributed by atoms with E-state index in [0.29, 0.717) is 24.2 Å². The standard InChI is InChI=1S/C23H29N3O2/c1-17-19(25-21(27)15-23(16-24)13-6-3-7-14-23)11-8-12-20(17)26-22(28)18-9-4-2-5-10-18/h2,4-5,8-12H,3,6-7,13-16,24H2,1H3,(H,25,27)(H,26,28). The number of nitrogens with one attached hydrogen (secondary N) is 2. The van der Waals surface area contributed by atoms with Crippen LogP contribution in [0.4, 0.5) is 11.4 Å². The average molecular weight is 380 g/mol. The van der Waals surface area contributed by atoms with Crippen LogP contribution in [0.3, 0.4) is 0 Å². The number of carbonyl (C=O) groups excluding carboxylic acids is 2. The summed E-state index contributed by atoms with van der Waals surface area (Å²) in [5.41, 5.74) is 8.79. The molecule has 3 rings (SSSR count). The van der Waals surface area contributed by atoms with Crippen LogP contribution in [0.2, 0.25) is 0 Å². The molecule has 0 unspecified atom stereocenters. The summed E-state index contributed by atoms with van der Waals surface area (Å²) in [7, 11) is 0. The topological polar surface area (TPSA) is 84.2 Å². The Morgan fingerprint density at radius 3 is 2.21 bits per heavy atom. The van der Waals surface area contributed by atoms with E-state index in [2.05, 4.69) is 10.6 Å². The minimum absolute atomic E-state index is 0.0121. The van der Waals surface area contributed by atoms with Gasteiger partial charge in [-0.05, 0) is 61.6 Å². The van der Waals surface area contributed by atoms with Gasteiger partial charge in [-0.15, -0.1) is 0 Å². The number of hydrogen-bond donors (Lipinski definition) is 3. The minimum atomic E-state index is -0.170. The lowest BCUT2D eigenvalue weighted by Crippen LogP contribution is -2.36. The van der Waals surface area contributed by atoms with Crippen LogP contribution in [0.25, 0.3) is 0 Å². The molecule has 1 aliphatic rings. The Labute approximate surface area is 166 Å². The molecule has 2 aromatic carbocycles. The van der Waals surface area contributed by atoms with E-state index in [1.807, 2.05) is 43.3 Å². The first-order valence-corrected chi connectivity index (χ1v) is 9.99. The molecule has 5 nitrogen and oxygen atoms in total. The highest BCUT2D eigenvalue weighted by Crippen LogP contribution is 2.38. The number of carbonyl (C=O) groups is 2. The molecular weight excluding hydrogens is 350 g/mol. The van der Waals surface area contributed by atoms with Crippen LogP contribution in [-0.4, -0.2) is 18.4 Å². The van der Waals surface area contributed by atoms with Crippen LogP contribution in [0.15, 0.2) is 48.5 Å². The van der Waals surface area contributed by atoms with Gasteiger partial charge in [-0.2, -0.15) is 0 Å². The fourth-order valence-corrected chi connectivity index (χ4v) is 3.98. The molecule has 1 fully saturated rings. The maximum atomic E-state index is 12.7. The molecule has 1 aliphatic carbocycles. The van der Waals surface area contributed by atoms with Gasteiger partial charge in [-0.25, -0.2) is 0 Å². The largest absolute Gasteiger partial charge is 0.330 e. The van der Waals surface area contributed by atoms with Crippen molar-refractivity contribution in [2.24, 2.45) is 11.1 Å².